The fourth-order valence-corrected chi connectivity index (χ4v) is 2.29. The van der Waals surface area contributed by atoms with Crippen molar-refractivity contribution in [3.63, 3.8) is 0 Å². The summed E-state index contributed by atoms with van der Waals surface area (Å²) in [6.07, 6.45) is -0.600. The van der Waals surface area contributed by atoms with Crippen LogP contribution >= 0.6 is 0 Å². The maximum absolute atomic E-state index is 9.86. The van der Waals surface area contributed by atoms with E-state index in [1.165, 1.54) is 0 Å². The molecule has 1 aliphatic heterocycles. The van der Waals surface area contributed by atoms with E-state index in [1.807, 2.05) is 30.3 Å². The summed E-state index contributed by atoms with van der Waals surface area (Å²) in [5, 5.41) is 22.2. The molecule has 2 N–H and O–H groups in total. The van der Waals surface area contributed by atoms with E-state index in [-0.39, 0.29) is 0 Å². The number of fused-ring (bicyclic) bond motifs is 1. The minimum atomic E-state index is -0.600. The van der Waals surface area contributed by atoms with Gasteiger partial charge in [0, 0.05) is 12.6 Å². The van der Waals surface area contributed by atoms with Crippen LogP contribution < -0.4 is 10.2 Å². The molecule has 2 heterocycles. The zero-order chi connectivity index (χ0) is 14.1. The number of likely N-dealkylation sites (N-methyl/N-ethyl adjacent to an activating group) is 1. The van der Waals surface area contributed by atoms with Gasteiger partial charge in [0.05, 0.1) is 29.6 Å². The number of aromatic nitrogens is 1. The van der Waals surface area contributed by atoms with Crippen molar-refractivity contribution >= 4 is 11.5 Å². The van der Waals surface area contributed by atoms with Gasteiger partial charge in [-0.05, 0) is 18.2 Å². The van der Waals surface area contributed by atoms with Gasteiger partial charge in [-0.15, -0.1) is 0 Å². The zero-order valence-corrected chi connectivity index (χ0v) is 11.0. The lowest BCUT2D eigenvalue weighted by Gasteiger charge is -2.32. The van der Waals surface area contributed by atoms with E-state index in [2.05, 4.69) is 16.4 Å². The summed E-state index contributed by atoms with van der Waals surface area (Å²) in [5.41, 5.74) is 3.00. The molecule has 0 fully saturated rings. The van der Waals surface area contributed by atoms with E-state index in [0.29, 0.717) is 17.9 Å². The molecule has 1 aromatic heterocycles. The Hall–Kier alpha value is -2.58. The molecule has 0 saturated carbocycles. The predicted octanol–water partition coefficient (Wildman–Crippen LogP) is 1.80. The Morgan fingerprint density at radius 1 is 1.35 bits per heavy atom. The average Bonchev–Trinajstić information content (AvgIpc) is 2.51. The highest BCUT2D eigenvalue weighted by atomic mass is 16.3. The summed E-state index contributed by atoms with van der Waals surface area (Å²) in [5.74, 6) is 0.689. The Bertz CT molecular complexity index is 693. The lowest BCUT2D eigenvalue weighted by molar-refractivity contribution is 0.184. The van der Waals surface area contributed by atoms with Crippen LogP contribution in [-0.4, -0.2) is 29.9 Å². The zero-order valence-electron chi connectivity index (χ0n) is 11.0. The van der Waals surface area contributed by atoms with Gasteiger partial charge < -0.3 is 15.3 Å². The molecule has 0 amide bonds. The summed E-state index contributed by atoms with van der Waals surface area (Å²) in [6.45, 7) is 0.472. The third-order valence-corrected chi connectivity index (χ3v) is 3.45. The standard InChI is InChI=1S/C15H14N4O/c1-19-14(20)9-17-13-7-6-12(18-15(13)19)11-5-3-2-4-10(11)8-16/h2-7,14,17,20H,9H2,1H3. The van der Waals surface area contributed by atoms with Gasteiger partial charge in [-0.3, -0.25) is 0 Å². The molecule has 0 radical (unpaired) electrons. The van der Waals surface area contributed by atoms with Crippen molar-refractivity contribution in [3.8, 4) is 17.3 Å². The highest BCUT2D eigenvalue weighted by molar-refractivity contribution is 5.75. The molecule has 5 nitrogen and oxygen atoms in total. The Labute approximate surface area is 117 Å². The maximum atomic E-state index is 9.86. The van der Waals surface area contributed by atoms with Gasteiger partial charge in [0.15, 0.2) is 5.82 Å². The molecule has 5 heteroatoms. The van der Waals surface area contributed by atoms with Crippen LogP contribution in [-0.2, 0) is 0 Å². The smallest absolute Gasteiger partial charge is 0.154 e. The molecule has 3 rings (SSSR count). The van der Waals surface area contributed by atoms with Crippen LogP contribution in [0, 0.1) is 11.3 Å². The number of hydrogen-bond donors (Lipinski definition) is 2. The van der Waals surface area contributed by atoms with Crippen LogP contribution in [0.4, 0.5) is 11.5 Å². The van der Waals surface area contributed by atoms with Crippen LogP contribution in [0.5, 0.6) is 0 Å². The highest BCUT2D eigenvalue weighted by Crippen LogP contribution is 2.31. The van der Waals surface area contributed by atoms with Gasteiger partial charge in [-0.2, -0.15) is 5.26 Å². The minimum absolute atomic E-state index is 0.472. The van der Waals surface area contributed by atoms with Gasteiger partial charge in [0.1, 0.15) is 6.23 Å². The second kappa shape index (κ2) is 4.83. The van der Waals surface area contributed by atoms with Crippen molar-refractivity contribution in [2.45, 2.75) is 6.23 Å². The number of pyridine rings is 1. The number of benzene rings is 1. The summed E-state index contributed by atoms with van der Waals surface area (Å²) in [4.78, 5) is 6.30. The monoisotopic (exact) mass is 266 g/mol. The first kappa shape index (κ1) is 12.5. The number of nitrogens with one attached hydrogen (secondary N) is 1. The molecule has 1 atom stereocenters. The summed E-state index contributed by atoms with van der Waals surface area (Å²) < 4.78 is 0. The van der Waals surface area contributed by atoms with Crippen LogP contribution in [0.25, 0.3) is 11.3 Å². The maximum Gasteiger partial charge on any atom is 0.154 e. The van der Waals surface area contributed by atoms with Crippen molar-refractivity contribution in [2.24, 2.45) is 0 Å². The lowest BCUT2D eigenvalue weighted by atomic mass is 10.0. The predicted molar refractivity (Wildman–Crippen MR) is 77.3 cm³/mol. The van der Waals surface area contributed by atoms with E-state index in [4.69, 9.17) is 0 Å². The molecule has 20 heavy (non-hydrogen) atoms. The van der Waals surface area contributed by atoms with Crippen LogP contribution in [0.1, 0.15) is 5.56 Å². The number of hydrogen-bond acceptors (Lipinski definition) is 5. The molecule has 1 aliphatic rings. The molecule has 2 aromatic rings. The Kier molecular flexibility index (Phi) is 3.01. The molecule has 100 valence electrons. The Morgan fingerprint density at radius 3 is 2.95 bits per heavy atom. The third-order valence-electron chi connectivity index (χ3n) is 3.45. The first-order valence-electron chi connectivity index (χ1n) is 6.36. The number of nitriles is 1. The van der Waals surface area contributed by atoms with Crippen molar-refractivity contribution in [3.05, 3.63) is 42.0 Å². The quantitative estimate of drug-likeness (QED) is 0.823. The van der Waals surface area contributed by atoms with E-state index in [0.717, 1.165) is 16.9 Å². The number of rotatable bonds is 1. The van der Waals surface area contributed by atoms with Crippen LogP contribution in [0.2, 0.25) is 0 Å². The fraction of sp³-hybridized carbons (Fsp3) is 0.200. The molecule has 0 saturated heterocycles. The van der Waals surface area contributed by atoms with Crippen LogP contribution in [0.3, 0.4) is 0 Å². The van der Waals surface area contributed by atoms with Crippen molar-refractivity contribution in [1.29, 1.82) is 5.26 Å². The Morgan fingerprint density at radius 2 is 2.15 bits per heavy atom. The summed E-state index contributed by atoms with van der Waals surface area (Å²) in [7, 11) is 1.80. The summed E-state index contributed by atoms with van der Waals surface area (Å²) in [6, 6.07) is 13.3. The molecule has 1 aromatic carbocycles. The molecular formula is C15H14N4O. The average molecular weight is 266 g/mol. The molecule has 0 aliphatic carbocycles. The normalized spacial score (nSPS) is 17.1. The number of aliphatic hydroxyl groups is 1. The number of β-amino-alcohol motifs (C(OH)–C–C–N with tert-alkyl or cyclic N) is 1. The second-order valence-corrected chi connectivity index (χ2v) is 4.70. The topological polar surface area (TPSA) is 72.2 Å². The van der Waals surface area contributed by atoms with Crippen molar-refractivity contribution in [2.75, 3.05) is 23.8 Å². The fourth-order valence-electron chi connectivity index (χ4n) is 2.29. The van der Waals surface area contributed by atoms with Gasteiger partial charge in [0.25, 0.3) is 0 Å². The van der Waals surface area contributed by atoms with Gasteiger partial charge in [-0.1, -0.05) is 18.2 Å². The third kappa shape index (κ3) is 1.96. The number of aliphatic hydroxyl groups excluding tert-OH is 1. The number of anilines is 2. The molecule has 0 bridgehead atoms. The lowest BCUT2D eigenvalue weighted by Crippen LogP contribution is -2.41. The first-order chi connectivity index (χ1) is 9.70. The van der Waals surface area contributed by atoms with E-state index >= 15 is 0 Å². The summed E-state index contributed by atoms with van der Waals surface area (Å²) >= 11 is 0. The minimum Gasteiger partial charge on any atom is -0.378 e. The van der Waals surface area contributed by atoms with E-state index in [1.54, 1.807) is 18.0 Å². The Balaban J connectivity index is 2.11. The van der Waals surface area contributed by atoms with Gasteiger partial charge >= 0.3 is 0 Å². The highest BCUT2D eigenvalue weighted by Gasteiger charge is 2.22. The first-order valence-corrected chi connectivity index (χ1v) is 6.36. The molecular weight excluding hydrogens is 252 g/mol. The number of nitrogens with zero attached hydrogens (tertiary/aromatic N) is 3. The van der Waals surface area contributed by atoms with Gasteiger partial charge in [0.2, 0.25) is 0 Å². The largest absolute Gasteiger partial charge is 0.378 e. The van der Waals surface area contributed by atoms with Crippen molar-refractivity contribution in [1.82, 2.24) is 4.98 Å². The van der Waals surface area contributed by atoms with Crippen LogP contribution in [0.15, 0.2) is 36.4 Å². The van der Waals surface area contributed by atoms with E-state index in [9.17, 15) is 10.4 Å². The molecule has 1 unspecified atom stereocenters. The van der Waals surface area contributed by atoms with Crippen molar-refractivity contribution < 1.29 is 5.11 Å². The van der Waals surface area contributed by atoms with Gasteiger partial charge in [-0.25, -0.2) is 4.98 Å². The second-order valence-electron chi connectivity index (χ2n) is 4.70. The molecule has 0 spiro atoms. The SMILES string of the molecule is CN1c2nc(-c3ccccc3C#N)ccc2NCC1O. The van der Waals surface area contributed by atoms with E-state index < -0.39 is 6.23 Å².